The lowest BCUT2D eigenvalue weighted by Crippen LogP contribution is -2.17. The minimum absolute atomic E-state index is 0.00939. The highest BCUT2D eigenvalue weighted by Gasteiger charge is 2.18. The number of rotatable bonds is 4. The van der Waals surface area contributed by atoms with Gasteiger partial charge in [0.15, 0.2) is 5.82 Å². The topological polar surface area (TPSA) is 113 Å². The van der Waals surface area contributed by atoms with Gasteiger partial charge in [0.1, 0.15) is 6.54 Å². The van der Waals surface area contributed by atoms with E-state index >= 15 is 0 Å². The number of thiophene rings is 1. The first kappa shape index (κ1) is 14.9. The molecular formula is C13H7BrN6O3S. The van der Waals surface area contributed by atoms with E-state index < -0.39 is 5.76 Å². The molecule has 0 aliphatic heterocycles. The summed E-state index contributed by atoms with van der Waals surface area (Å²) in [5, 5.41) is 9.54. The largest absolute Gasteiger partial charge is 0.442 e. The van der Waals surface area contributed by atoms with Crippen molar-refractivity contribution in [3.05, 3.63) is 50.8 Å². The summed E-state index contributed by atoms with van der Waals surface area (Å²) in [6.07, 6.45) is 3.09. The van der Waals surface area contributed by atoms with Gasteiger partial charge in [-0.1, -0.05) is 10.3 Å². The fourth-order valence-corrected chi connectivity index (χ4v) is 3.32. The first-order valence-electron chi connectivity index (χ1n) is 6.61. The van der Waals surface area contributed by atoms with Gasteiger partial charge in [-0.25, -0.2) is 19.3 Å². The molecule has 0 fully saturated rings. The predicted octanol–water partition coefficient (Wildman–Crippen LogP) is 2.22. The van der Waals surface area contributed by atoms with Crippen LogP contribution in [0.4, 0.5) is 0 Å². The number of nitrogens with zero attached hydrogens (tertiary/aromatic N) is 6. The highest BCUT2D eigenvalue weighted by atomic mass is 79.9. The third kappa shape index (κ3) is 2.78. The summed E-state index contributed by atoms with van der Waals surface area (Å²) in [7, 11) is 0. The molecule has 0 aliphatic rings. The molecule has 120 valence electrons. The second-order valence-corrected chi connectivity index (χ2v) is 6.40. The Kier molecular flexibility index (Phi) is 3.78. The highest BCUT2D eigenvalue weighted by Crippen LogP contribution is 2.27. The fourth-order valence-electron chi connectivity index (χ4n) is 1.97. The molecule has 4 aromatic rings. The van der Waals surface area contributed by atoms with Crippen molar-refractivity contribution in [1.82, 2.24) is 29.8 Å². The van der Waals surface area contributed by atoms with E-state index in [0.29, 0.717) is 5.82 Å². The van der Waals surface area contributed by atoms with Gasteiger partial charge in [0.2, 0.25) is 17.5 Å². The minimum atomic E-state index is -0.656. The van der Waals surface area contributed by atoms with Crippen LogP contribution in [0.15, 0.2) is 48.2 Å². The van der Waals surface area contributed by atoms with E-state index in [0.717, 1.165) is 9.35 Å². The molecular weight excluding hydrogens is 400 g/mol. The molecule has 11 heteroatoms. The maximum absolute atomic E-state index is 11.9. The summed E-state index contributed by atoms with van der Waals surface area (Å²) < 4.78 is 12.1. The molecule has 0 unspecified atom stereocenters. The first-order valence-corrected chi connectivity index (χ1v) is 8.29. The summed E-state index contributed by atoms with van der Waals surface area (Å²) in [5.41, 5.74) is 0. The third-order valence-corrected chi connectivity index (χ3v) is 4.69. The monoisotopic (exact) mass is 406 g/mol. The SMILES string of the molecule is O=c1onc(-c2ncccn2)n1Cc1nc(-c2cc(Br)cs2)no1. The van der Waals surface area contributed by atoms with Crippen molar-refractivity contribution >= 4 is 27.3 Å². The van der Waals surface area contributed by atoms with Gasteiger partial charge in [-0.15, -0.1) is 11.3 Å². The zero-order valence-corrected chi connectivity index (χ0v) is 14.2. The Labute approximate surface area is 146 Å². The lowest BCUT2D eigenvalue weighted by molar-refractivity contribution is 0.354. The fraction of sp³-hybridized carbons (Fsp3) is 0.0769. The Hall–Kier alpha value is -2.66. The average molecular weight is 407 g/mol. The van der Waals surface area contributed by atoms with Gasteiger partial charge in [-0.05, 0) is 28.1 Å². The van der Waals surface area contributed by atoms with E-state index in [4.69, 9.17) is 9.05 Å². The van der Waals surface area contributed by atoms with Crippen LogP contribution in [0, 0.1) is 0 Å². The van der Waals surface area contributed by atoms with Crippen molar-refractivity contribution in [3.63, 3.8) is 0 Å². The van der Waals surface area contributed by atoms with E-state index in [1.807, 2.05) is 11.4 Å². The molecule has 24 heavy (non-hydrogen) atoms. The molecule has 4 heterocycles. The summed E-state index contributed by atoms with van der Waals surface area (Å²) in [6.45, 7) is 0.00939. The molecule has 0 radical (unpaired) electrons. The Bertz CT molecular complexity index is 1040. The van der Waals surface area contributed by atoms with Gasteiger partial charge in [-0.2, -0.15) is 4.98 Å². The molecule has 0 N–H and O–H groups in total. The standard InChI is InChI=1S/C13H7BrN6O3S/c14-7-4-8(24-6-7)10-17-9(22-18-10)5-20-12(19-23-13(20)21)11-15-2-1-3-16-11/h1-4,6H,5H2. The minimum Gasteiger partial charge on any atom is -0.337 e. The van der Waals surface area contributed by atoms with Gasteiger partial charge in [0.25, 0.3) is 0 Å². The van der Waals surface area contributed by atoms with Gasteiger partial charge < -0.3 is 4.52 Å². The van der Waals surface area contributed by atoms with Gasteiger partial charge in [-0.3, -0.25) is 4.52 Å². The lowest BCUT2D eigenvalue weighted by atomic mass is 10.4. The van der Waals surface area contributed by atoms with E-state index in [9.17, 15) is 4.79 Å². The molecule has 0 amide bonds. The van der Waals surface area contributed by atoms with Crippen molar-refractivity contribution < 1.29 is 9.05 Å². The zero-order chi connectivity index (χ0) is 16.5. The smallest absolute Gasteiger partial charge is 0.337 e. The second-order valence-electron chi connectivity index (χ2n) is 4.57. The number of hydrogen-bond acceptors (Lipinski definition) is 9. The molecule has 0 saturated carbocycles. The van der Waals surface area contributed by atoms with Crippen LogP contribution >= 0.6 is 27.3 Å². The van der Waals surface area contributed by atoms with E-state index in [-0.39, 0.29) is 24.1 Å². The van der Waals surface area contributed by atoms with Crippen LogP contribution in [0.3, 0.4) is 0 Å². The summed E-state index contributed by atoms with van der Waals surface area (Å²) in [5.74, 6) is 0.500. The molecule has 0 spiro atoms. The van der Waals surface area contributed by atoms with Crippen LogP contribution in [0.2, 0.25) is 0 Å². The second kappa shape index (κ2) is 6.09. The average Bonchev–Trinajstić information content (AvgIpc) is 3.31. The van der Waals surface area contributed by atoms with Crippen LogP contribution in [0.5, 0.6) is 0 Å². The van der Waals surface area contributed by atoms with Crippen LogP contribution in [-0.2, 0) is 6.54 Å². The van der Waals surface area contributed by atoms with Crippen LogP contribution < -0.4 is 5.76 Å². The van der Waals surface area contributed by atoms with Crippen LogP contribution in [0.1, 0.15) is 5.89 Å². The molecule has 0 aliphatic carbocycles. The van der Waals surface area contributed by atoms with Crippen LogP contribution in [-0.4, -0.2) is 29.8 Å². The molecule has 0 bridgehead atoms. The third-order valence-electron chi connectivity index (χ3n) is 3.00. The van der Waals surface area contributed by atoms with E-state index in [1.165, 1.54) is 15.9 Å². The number of hydrogen-bond donors (Lipinski definition) is 0. The van der Waals surface area contributed by atoms with Crippen molar-refractivity contribution in [2.24, 2.45) is 0 Å². The molecule has 0 atom stereocenters. The van der Waals surface area contributed by atoms with Gasteiger partial charge >= 0.3 is 5.76 Å². The molecule has 0 aromatic carbocycles. The van der Waals surface area contributed by atoms with Crippen LogP contribution in [0.25, 0.3) is 22.4 Å². The molecule has 4 aromatic heterocycles. The van der Waals surface area contributed by atoms with E-state index in [2.05, 4.69) is 41.2 Å². The highest BCUT2D eigenvalue weighted by molar-refractivity contribution is 9.10. The number of halogens is 1. The molecule has 4 rings (SSSR count). The maximum Gasteiger partial charge on any atom is 0.442 e. The van der Waals surface area contributed by atoms with Crippen molar-refractivity contribution in [3.8, 4) is 22.4 Å². The van der Waals surface area contributed by atoms with Crippen molar-refractivity contribution in [2.75, 3.05) is 0 Å². The molecule has 0 saturated heterocycles. The Balaban J connectivity index is 1.66. The summed E-state index contributed by atoms with van der Waals surface area (Å²) >= 11 is 4.85. The predicted molar refractivity (Wildman–Crippen MR) is 86.2 cm³/mol. The Morgan fingerprint density at radius 2 is 2.00 bits per heavy atom. The van der Waals surface area contributed by atoms with Gasteiger partial charge in [0.05, 0.1) is 4.88 Å². The first-order chi connectivity index (χ1) is 11.7. The lowest BCUT2D eigenvalue weighted by Gasteiger charge is -1.99. The van der Waals surface area contributed by atoms with E-state index in [1.54, 1.807) is 18.5 Å². The Morgan fingerprint density at radius 3 is 2.75 bits per heavy atom. The quantitative estimate of drug-likeness (QED) is 0.506. The summed E-state index contributed by atoms with van der Waals surface area (Å²) in [4.78, 5) is 25.1. The Morgan fingerprint density at radius 1 is 1.17 bits per heavy atom. The van der Waals surface area contributed by atoms with Gasteiger partial charge in [0, 0.05) is 22.2 Å². The normalized spacial score (nSPS) is 11.0. The number of aromatic nitrogens is 6. The summed E-state index contributed by atoms with van der Waals surface area (Å²) in [6, 6.07) is 3.55. The van der Waals surface area contributed by atoms with Crippen molar-refractivity contribution in [1.29, 1.82) is 0 Å². The zero-order valence-electron chi connectivity index (χ0n) is 11.8. The maximum atomic E-state index is 11.9. The molecule has 9 nitrogen and oxygen atoms in total. The van der Waals surface area contributed by atoms with Crippen molar-refractivity contribution in [2.45, 2.75) is 6.54 Å².